The first-order valence-electron chi connectivity index (χ1n) is 5.47. The molecule has 0 spiro atoms. The molecule has 6 heteroatoms. The standard InChI is InChI=1S/C11H13ClN2O3/c12-8-1-4-10(14(15)16)11(7-8)17-6-5-13-9-2-3-9/h1,4,7,9,13H,2-3,5-6H2. The van der Waals surface area contributed by atoms with Crippen LogP contribution in [0.5, 0.6) is 5.75 Å². The van der Waals surface area contributed by atoms with Crippen molar-refractivity contribution >= 4 is 17.3 Å². The number of nitrogens with one attached hydrogen (secondary N) is 1. The van der Waals surface area contributed by atoms with Crippen LogP contribution in [-0.2, 0) is 0 Å². The molecule has 0 atom stereocenters. The highest BCUT2D eigenvalue weighted by Gasteiger charge is 2.20. The second-order valence-electron chi connectivity index (χ2n) is 3.95. The molecule has 0 amide bonds. The van der Waals surface area contributed by atoms with Gasteiger partial charge in [-0.15, -0.1) is 0 Å². The maximum absolute atomic E-state index is 10.8. The molecule has 0 saturated heterocycles. The van der Waals surface area contributed by atoms with Crippen LogP contribution in [0.3, 0.4) is 0 Å². The molecule has 92 valence electrons. The summed E-state index contributed by atoms with van der Waals surface area (Å²) in [5.74, 6) is 0.222. The van der Waals surface area contributed by atoms with Gasteiger partial charge in [0.1, 0.15) is 6.61 Å². The lowest BCUT2D eigenvalue weighted by molar-refractivity contribution is -0.385. The summed E-state index contributed by atoms with van der Waals surface area (Å²) in [4.78, 5) is 10.3. The van der Waals surface area contributed by atoms with Gasteiger partial charge in [0.05, 0.1) is 4.92 Å². The zero-order valence-corrected chi connectivity index (χ0v) is 9.94. The van der Waals surface area contributed by atoms with Crippen LogP contribution in [0.2, 0.25) is 5.02 Å². The summed E-state index contributed by atoms with van der Waals surface area (Å²) < 4.78 is 5.37. The lowest BCUT2D eigenvalue weighted by Crippen LogP contribution is -2.23. The van der Waals surface area contributed by atoms with Gasteiger partial charge in [-0.05, 0) is 18.9 Å². The summed E-state index contributed by atoms with van der Waals surface area (Å²) in [6, 6.07) is 4.91. The molecule has 0 unspecified atom stereocenters. The first kappa shape index (κ1) is 12.1. The van der Waals surface area contributed by atoms with E-state index >= 15 is 0 Å². The van der Waals surface area contributed by atoms with Crippen molar-refractivity contribution in [3.63, 3.8) is 0 Å². The predicted octanol–water partition coefficient (Wildman–Crippen LogP) is 2.38. The van der Waals surface area contributed by atoms with Gasteiger partial charge in [0.2, 0.25) is 0 Å². The molecule has 0 bridgehead atoms. The molecule has 1 fully saturated rings. The third kappa shape index (κ3) is 3.57. The average molecular weight is 257 g/mol. The molecule has 0 heterocycles. The van der Waals surface area contributed by atoms with Gasteiger partial charge in [-0.1, -0.05) is 11.6 Å². The maximum Gasteiger partial charge on any atom is 0.311 e. The number of nitro groups is 1. The van der Waals surface area contributed by atoms with Crippen molar-refractivity contribution in [3.8, 4) is 5.75 Å². The number of benzene rings is 1. The van der Waals surface area contributed by atoms with Gasteiger partial charge in [0.15, 0.2) is 5.75 Å². The highest BCUT2D eigenvalue weighted by molar-refractivity contribution is 6.30. The second-order valence-corrected chi connectivity index (χ2v) is 4.38. The van der Waals surface area contributed by atoms with Gasteiger partial charge in [0, 0.05) is 29.7 Å². The van der Waals surface area contributed by atoms with Gasteiger partial charge in [-0.25, -0.2) is 0 Å². The van der Waals surface area contributed by atoms with Crippen LogP contribution in [0.1, 0.15) is 12.8 Å². The quantitative estimate of drug-likeness (QED) is 0.482. The summed E-state index contributed by atoms with van der Waals surface area (Å²) in [6.45, 7) is 1.09. The molecule has 2 rings (SSSR count). The monoisotopic (exact) mass is 256 g/mol. The van der Waals surface area contributed by atoms with E-state index in [0.717, 1.165) is 0 Å². The minimum Gasteiger partial charge on any atom is -0.485 e. The zero-order chi connectivity index (χ0) is 12.3. The lowest BCUT2D eigenvalue weighted by Gasteiger charge is -2.07. The topological polar surface area (TPSA) is 64.4 Å². The summed E-state index contributed by atoms with van der Waals surface area (Å²) in [5.41, 5.74) is -0.0548. The van der Waals surface area contributed by atoms with Crippen LogP contribution in [0.4, 0.5) is 5.69 Å². The Morgan fingerprint density at radius 2 is 2.29 bits per heavy atom. The molecule has 0 radical (unpaired) electrons. The van der Waals surface area contributed by atoms with Crippen LogP contribution in [0.15, 0.2) is 18.2 Å². The Labute approximate surface area is 104 Å². The zero-order valence-electron chi connectivity index (χ0n) is 9.19. The fourth-order valence-electron chi connectivity index (χ4n) is 1.47. The summed E-state index contributed by atoms with van der Waals surface area (Å²) in [5, 5.41) is 14.4. The number of hydrogen-bond donors (Lipinski definition) is 1. The minimum absolute atomic E-state index is 0.0548. The van der Waals surface area contributed by atoms with E-state index in [1.54, 1.807) is 0 Å². The fourth-order valence-corrected chi connectivity index (χ4v) is 1.63. The van der Waals surface area contributed by atoms with E-state index in [1.165, 1.54) is 31.0 Å². The molecule has 1 N–H and O–H groups in total. The molecule has 1 saturated carbocycles. The average Bonchev–Trinajstić information content (AvgIpc) is 3.08. The molecular formula is C11H13ClN2O3. The van der Waals surface area contributed by atoms with E-state index in [0.29, 0.717) is 24.2 Å². The molecule has 0 aromatic heterocycles. The molecular weight excluding hydrogens is 244 g/mol. The molecule has 1 aliphatic carbocycles. The number of nitrogens with zero attached hydrogens (tertiary/aromatic N) is 1. The first-order chi connectivity index (χ1) is 8.16. The van der Waals surface area contributed by atoms with E-state index in [1.807, 2.05) is 0 Å². The van der Waals surface area contributed by atoms with E-state index in [4.69, 9.17) is 16.3 Å². The molecule has 0 aliphatic heterocycles. The van der Waals surface area contributed by atoms with Crippen molar-refractivity contribution in [1.29, 1.82) is 0 Å². The largest absolute Gasteiger partial charge is 0.485 e. The lowest BCUT2D eigenvalue weighted by atomic mass is 10.3. The summed E-state index contributed by atoms with van der Waals surface area (Å²) in [7, 11) is 0. The normalized spacial score (nSPS) is 14.6. The number of hydrogen-bond acceptors (Lipinski definition) is 4. The van der Waals surface area contributed by atoms with Crippen LogP contribution in [0.25, 0.3) is 0 Å². The summed E-state index contributed by atoms with van der Waals surface area (Å²) >= 11 is 5.78. The predicted molar refractivity (Wildman–Crippen MR) is 64.6 cm³/mol. The number of rotatable bonds is 6. The highest BCUT2D eigenvalue weighted by Crippen LogP contribution is 2.29. The number of halogens is 1. The molecule has 1 aromatic carbocycles. The van der Waals surface area contributed by atoms with Gasteiger partial charge in [-0.2, -0.15) is 0 Å². The number of nitro benzene ring substituents is 1. The Balaban J connectivity index is 1.92. The molecule has 17 heavy (non-hydrogen) atoms. The van der Waals surface area contributed by atoms with Gasteiger partial charge < -0.3 is 10.1 Å². The molecule has 1 aliphatic rings. The number of ether oxygens (including phenoxy) is 1. The molecule has 1 aromatic rings. The Morgan fingerprint density at radius 3 is 2.94 bits per heavy atom. The Bertz CT molecular complexity index is 421. The minimum atomic E-state index is -0.472. The second kappa shape index (κ2) is 5.33. The van der Waals surface area contributed by atoms with E-state index in [9.17, 15) is 10.1 Å². The Morgan fingerprint density at radius 1 is 1.53 bits per heavy atom. The van der Waals surface area contributed by atoms with Crippen LogP contribution in [-0.4, -0.2) is 24.1 Å². The highest BCUT2D eigenvalue weighted by atomic mass is 35.5. The maximum atomic E-state index is 10.8. The van der Waals surface area contributed by atoms with E-state index in [-0.39, 0.29) is 11.4 Å². The fraction of sp³-hybridized carbons (Fsp3) is 0.455. The van der Waals surface area contributed by atoms with Crippen molar-refractivity contribution in [2.75, 3.05) is 13.2 Å². The Kier molecular flexibility index (Phi) is 3.81. The van der Waals surface area contributed by atoms with E-state index in [2.05, 4.69) is 5.32 Å². The van der Waals surface area contributed by atoms with Crippen molar-refractivity contribution in [3.05, 3.63) is 33.3 Å². The van der Waals surface area contributed by atoms with E-state index < -0.39 is 4.92 Å². The van der Waals surface area contributed by atoms with Gasteiger partial charge in [0.25, 0.3) is 0 Å². The Hall–Kier alpha value is -1.33. The first-order valence-corrected chi connectivity index (χ1v) is 5.85. The van der Waals surface area contributed by atoms with Gasteiger partial charge in [-0.3, -0.25) is 10.1 Å². The van der Waals surface area contributed by atoms with Crippen molar-refractivity contribution in [1.82, 2.24) is 5.32 Å². The third-order valence-corrected chi connectivity index (χ3v) is 2.72. The molecule has 5 nitrogen and oxygen atoms in total. The van der Waals surface area contributed by atoms with Crippen molar-refractivity contribution in [2.45, 2.75) is 18.9 Å². The SMILES string of the molecule is O=[N+]([O-])c1ccc(Cl)cc1OCCNC1CC1. The van der Waals surface area contributed by atoms with Crippen molar-refractivity contribution in [2.24, 2.45) is 0 Å². The van der Waals surface area contributed by atoms with Gasteiger partial charge >= 0.3 is 5.69 Å². The van der Waals surface area contributed by atoms with Crippen LogP contribution >= 0.6 is 11.6 Å². The van der Waals surface area contributed by atoms with Crippen LogP contribution < -0.4 is 10.1 Å². The van der Waals surface area contributed by atoms with Crippen LogP contribution in [0, 0.1) is 10.1 Å². The van der Waals surface area contributed by atoms with Crippen molar-refractivity contribution < 1.29 is 9.66 Å². The summed E-state index contributed by atoms with van der Waals surface area (Å²) in [6.07, 6.45) is 2.41. The smallest absolute Gasteiger partial charge is 0.311 e. The third-order valence-electron chi connectivity index (χ3n) is 2.49.